The Bertz CT molecular complexity index is 944. The Hall–Kier alpha value is -3.10. The third-order valence-corrected chi connectivity index (χ3v) is 6.84. The molecule has 0 N–H and O–H groups in total. The molecule has 2 bridgehead atoms. The molecule has 2 aliphatic carbocycles. The van der Waals surface area contributed by atoms with Crippen LogP contribution in [0.4, 0.5) is 5.69 Å². The molecule has 0 spiro atoms. The van der Waals surface area contributed by atoms with Crippen molar-refractivity contribution >= 4 is 29.3 Å². The molecule has 1 aromatic carbocycles. The number of esters is 1. The summed E-state index contributed by atoms with van der Waals surface area (Å²) in [6, 6.07) is 4.04. The number of amides is 2. The second kappa shape index (κ2) is 7.86. The van der Waals surface area contributed by atoms with Gasteiger partial charge in [0.25, 0.3) is 5.69 Å². The minimum Gasteiger partial charge on any atom is -0.456 e. The predicted molar refractivity (Wildman–Crippen MR) is 107 cm³/mol. The van der Waals surface area contributed by atoms with E-state index in [1.165, 1.54) is 18.2 Å². The van der Waals surface area contributed by atoms with Crippen LogP contribution in [-0.4, -0.2) is 46.0 Å². The standard InChI is InChI=1S/C22H24N2O7/c1-11(2)19(23-20(26)17-13-6-7-14(8-13)18(17)21(23)27)22(28)31-10-16(25)12-4-3-5-15(9-12)24(29)30/h3-5,9,11,13-14,17-19H,6-8,10H2,1-2H3/t13-,14+,17+,18-,19-/m1/s1. The number of nitro groups is 1. The van der Waals surface area contributed by atoms with Gasteiger partial charge in [0.15, 0.2) is 6.61 Å². The lowest BCUT2D eigenvalue weighted by Gasteiger charge is -2.28. The summed E-state index contributed by atoms with van der Waals surface area (Å²) in [5.74, 6) is -2.68. The van der Waals surface area contributed by atoms with Crippen LogP contribution in [0.5, 0.6) is 0 Å². The molecule has 2 saturated carbocycles. The lowest BCUT2D eigenvalue weighted by atomic mass is 9.81. The summed E-state index contributed by atoms with van der Waals surface area (Å²) in [5, 5.41) is 10.9. The molecule has 5 atom stereocenters. The second-order valence-electron chi connectivity index (χ2n) is 8.96. The van der Waals surface area contributed by atoms with E-state index >= 15 is 0 Å². The van der Waals surface area contributed by atoms with Gasteiger partial charge in [0.2, 0.25) is 17.6 Å². The number of nitrogens with zero attached hydrogens (tertiary/aromatic N) is 2. The number of nitro benzene ring substituents is 1. The van der Waals surface area contributed by atoms with Crippen LogP contribution in [0.15, 0.2) is 24.3 Å². The highest BCUT2D eigenvalue weighted by Crippen LogP contribution is 2.56. The average Bonchev–Trinajstić information content (AvgIpc) is 3.42. The molecular weight excluding hydrogens is 404 g/mol. The van der Waals surface area contributed by atoms with Crippen molar-refractivity contribution in [1.29, 1.82) is 0 Å². The zero-order valence-electron chi connectivity index (χ0n) is 17.4. The van der Waals surface area contributed by atoms with E-state index in [-0.39, 0.29) is 52.7 Å². The van der Waals surface area contributed by atoms with Gasteiger partial charge in [-0.2, -0.15) is 0 Å². The highest BCUT2D eigenvalue weighted by atomic mass is 16.6. The molecule has 0 aromatic heterocycles. The topological polar surface area (TPSA) is 124 Å². The number of hydrogen-bond acceptors (Lipinski definition) is 7. The van der Waals surface area contributed by atoms with E-state index < -0.39 is 29.3 Å². The minimum atomic E-state index is -1.09. The third kappa shape index (κ3) is 3.51. The summed E-state index contributed by atoms with van der Waals surface area (Å²) in [6.45, 7) is 2.81. The van der Waals surface area contributed by atoms with Crippen LogP contribution in [0.2, 0.25) is 0 Å². The Morgan fingerprint density at radius 1 is 1.16 bits per heavy atom. The Labute approximate surface area is 178 Å². The van der Waals surface area contributed by atoms with Crippen molar-refractivity contribution in [2.75, 3.05) is 6.61 Å². The Balaban J connectivity index is 1.47. The van der Waals surface area contributed by atoms with Crippen LogP contribution in [0.25, 0.3) is 0 Å². The first-order valence-corrected chi connectivity index (χ1v) is 10.5. The molecule has 1 aromatic rings. The molecule has 1 heterocycles. The minimum absolute atomic E-state index is 0.0440. The maximum Gasteiger partial charge on any atom is 0.330 e. The molecule has 1 saturated heterocycles. The fourth-order valence-electron chi connectivity index (χ4n) is 5.48. The molecule has 3 fully saturated rings. The van der Waals surface area contributed by atoms with E-state index in [1.807, 2.05) is 0 Å². The molecule has 1 aliphatic heterocycles. The van der Waals surface area contributed by atoms with Crippen LogP contribution in [0, 0.1) is 39.7 Å². The number of hydrogen-bond donors (Lipinski definition) is 0. The molecule has 31 heavy (non-hydrogen) atoms. The van der Waals surface area contributed by atoms with Crippen molar-refractivity contribution in [3.63, 3.8) is 0 Å². The smallest absolute Gasteiger partial charge is 0.330 e. The lowest BCUT2D eigenvalue weighted by Crippen LogP contribution is -2.50. The van der Waals surface area contributed by atoms with Crippen LogP contribution in [-0.2, 0) is 19.1 Å². The number of Topliss-reactive ketones (excluding diaryl/α,β-unsaturated/α-hetero) is 1. The van der Waals surface area contributed by atoms with E-state index in [1.54, 1.807) is 13.8 Å². The molecule has 0 unspecified atom stereocenters. The van der Waals surface area contributed by atoms with Gasteiger partial charge in [0.05, 0.1) is 16.8 Å². The van der Waals surface area contributed by atoms with Gasteiger partial charge in [-0.3, -0.25) is 29.4 Å². The maximum atomic E-state index is 13.1. The summed E-state index contributed by atoms with van der Waals surface area (Å²) in [6.07, 6.45) is 2.77. The zero-order chi connectivity index (χ0) is 22.4. The molecule has 3 aliphatic rings. The first-order chi connectivity index (χ1) is 14.7. The number of carbonyl (C=O) groups excluding carboxylic acids is 4. The molecule has 4 rings (SSSR count). The van der Waals surface area contributed by atoms with Crippen molar-refractivity contribution in [2.24, 2.45) is 29.6 Å². The largest absolute Gasteiger partial charge is 0.456 e. The fraction of sp³-hybridized carbons (Fsp3) is 0.545. The SMILES string of the molecule is CC(C)[C@H](C(=O)OCC(=O)c1cccc([N+](=O)[O-])c1)N1C(=O)[C@@H]2[C@H]3CC[C@H](C3)[C@@H]2C1=O. The van der Waals surface area contributed by atoms with E-state index in [9.17, 15) is 29.3 Å². The lowest BCUT2D eigenvalue weighted by molar-refractivity contribution is -0.384. The van der Waals surface area contributed by atoms with Crippen LogP contribution < -0.4 is 0 Å². The summed E-state index contributed by atoms with van der Waals surface area (Å²) >= 11 is 0. The molecule has 9 nitrogen and oxygen atoms in total. The van der Waals surface area contributed by atoms with Gasteiger partial charge in [-0.05, 0) is 37.0 Å². The van der Waals surface area contributed by atoms with Gasteiger partial charge in [-0.25, -0.2) is 4.79 Å². The molecular formula is C22H24N2O7. The van der Waals surface area contributed by atoms with E-state index in [0.717, 1.165) is 30.2 Å². The van der Waals surface area contributed by atoms with Crippen molar-refractivity contribution in [3.05, 3.63) is 39.9 Å². The van der Waals surface area contributed by atoms with Gasteiger partial charge in [-0.15, -0.1) is 0 Å². The summed E-state index contributed by atoms with van der Waals surface area (Å²) < 4.78 is 5.18. The molecule has 164 valence electrons. The number of non-ortho nitro benzene ring substituents is 1. The Morgan fingerprint density at radius 3 is 2.32 bits per heavy atom. The van der Waals surface area contributed by atoms with Gasteiger partial charge < -0.3 is 4.74 Å². The maximum absolute atomic E-state index is 13.1. The monoisotopic (exact) mass is 428 g/mol. The van der Waals surface area contributed by atoms with Gasteiger partial charge in [0, 0.05) is 17.7 Å². The quantitative estimate of drug-likeness (QED) is 0.215. The van der Waals surface area contributed by atoms with Crippen molar-refractivity contribution in [1.82, 2.24) is 4.90 Å². The summed E-state index contributed by atoms with van der Waals surface area (Å²) in [7, 11) is 0. The Morgan fingerprint density at radius 2 is 1.77 bits per heavy atom. The van der Waals surface area contributed by atoms with Crippen LogP contribution in [0.3, 0.4) is 0 Å². The van der Waals surface area contributed by atoms with Gasteiger partial charge in [0.1, 0.15) is 6.04 Å². The summed E-state index contributed by atoms with van der Waals surface area (Å²) in [5.41, 5.74) is -0.200. The molecule has 0 radical (unpaired) electrons. The number of ether oxygens (including phenoxy) is 1. The first kappa shape index (κ1) is 21.1. The van der Waals surface area contributed by atoms with Gasteiger partial charge in [-0.1, -0.05) is 26.0 Å². The third-order valence-electron chi connectivity index (χ3n) is 6.84. The highest BCUT2D eigenvalue weighted by molar-refractivity contribution is 6.09. The van der Waals surface area contributed by atoms with Crippen molar-refractivity contribution < 1.29 is 28.8 Å². The van der Waals surface area contributed by atoms with Crippen molar-refractivity contribution in [3.8, 4) is 0 Å². The van der Waals surface area contributed by atoms with E-state index in [4.69, 9.17) is 4.74 Å². The van der Waals surface area contributed by atoms with E-state index in [2.05, 4.69) is 0 Å². The number of fused-ring (bicyclic) bond motifs is 5. The number of benzene rings is 1. The molecule has 9 heteroatoms. The van der Waals surface area contributed by atoms with Gasteiger partial charge >= 0.3 is 5.97 Å². The normalized spacial score (nSPS) is 27.5. The molecule has 2 amide bonds. The average molecular weight is 428 g/mol. The van der Waals surface area contributed by atoms with Crippen molar-refractivity contribution in [2.45, 2.75) is 39.2 Å². The van der Waals surface area contributed by atoms with Crippen LogP contribution in [0.1, 0.15) is 43.5 Å². The first-order valence-electron chi connectivity index (χ1n) is 10.5. The number of likely N-dealkylation sites (tertiary alicyclic amines) is 1. The van der Waals surface area contributed by atoms with E-state index in [0.29, 0.717) is 0 Å². The number of imide groups is 1. The highest BCUT2D eigenvalue weighted by Gasteiger charge is 2.62. The Kier molecular flexibility index (Phi) is 5.36. The predicted octanol–water partition coefficient (Wildman–Crippen LogP) is 2.38. The fourth-order valence-corrected chi connectivity index (χ4v) is 5.48. The number of carbonyl (C=O) groups is 4. The zero-order valence-corrected chi connectivity index (χ0v) is 17.4. The number of rotatable bonds is 7. The summed E-state index contributed by atoms with van der Waals surface area (Å²) in [4.78, 5) is 62.7. The second-order valence-corrected chi connectivity index (χ2v) is 8.96. The number of ketones is 1. The van der Waals surface area contributed by atoms with Crippen LogP contribution >= 0.6 is 0 Å².